The van der Waals surface area contributed by atoms with Crippen molar-refractivity contribution in [2.75, 3.05) is 13.2 Å². The summed E-state index contributed by atoms with van der Waals surface area (Å²) in [6, 6.07) is 43.5. The van der Waals surface area contributed by atoms with Crippen molar-refractivity contribution in [3.05, 3.63) is 195 Å². The molecule has 1 heterocycles. The van der Waals surface area contributed by atoms with Gasteiger partial charge in [0.25, 0.3) is 0 Å². The van der Waals surface area contributed by atoms with Crippen LogP contribution in [0.5, 0.6) is 0 Å². The van der Waals surface area contributed by atoms with E-state index < -0.39 is 7.26 Å². The van der Waals surface area contributed by atoms with Gasteiger partial charge in [-0.15, -0.1) is 0 Å². The Kier molecular flexibility index (Phi) is 10.3. The number of benzene rings is 5. The fourth-order valence-electron chi connectivity index (χ4n) is 7.20. The molecule has 5 aromatic rings. The first-order chi connectivity index (χ1) is 25.0. The SMILES string of the molecule is C/C=C/c1ccc2c(c1)C(=O)c1ccc(C(C=C3COCC3=CCC)=C([C]#[Os])[P+](c3ccccc3)(c3ccccc3)c3ccccc3)cc1C2=O. The van der Waals surface area contributed by atoms with E-state index >= 15 is 0 Å². The maximum absolute atomic E-state index is 14.2. The second-order valence-electron chi connectivity index (χ2n) is 12.6. The van der Waals surface area contributed by atoms with Crippen LogP contribution in [0.1, 0.15) is 63.2 Å². The number of ketones is 2. The van der Waals surface area contributed by atoms with Crippen molar-refractivity contribution in [3.63, 3.8) is 0 Å². The van der Waals surface area contributed by atoms with Gasteiger partial charge in [-0.2, -0.15) is 0 Å². The van der Waals surface area contributed by atoms with Crippen molar-refractivity contribution in [2.45, 2.75) is 20.3 Å². The molecule has 0 radical (unpaired) electrons. The second-order valence-corrected chi connectivity index (χ2v) is 16.5. The van der Waals surface area contributed by atoms with E-state index in [0.29, 0.717) is 35.5 Å². The molecule has 1 aliphatic carbocycles. The van der Waals surface area contributed by atoms with Crippen molar-refractivity contribution < 1.29 is 32.3 Å². The zero-order valence-electron chi connectivity index (χ0n) is 28.6. The molecule has 2 aliphatic rings. The van der Waals surface area contributed by atoms with Crippen LogP contribution in [0.2, 0.25) is 0 Å². The van der Waals surface area contributed by atoms with Gasteiger partial charge in [-0.3, -0.25) is 0 Å². The van der Waals surface area contributed by atoms with Gasteiger partial charge in [-0.05, 0) is 6.92 Å². The third kappa shape index (κ3) is 6.36. The summed E-state index contributed by atoms with van der Waals surface area (Å²) in [5, 5.41) is 4.67. The molecule has 1 saturated heterocycles. The average Bonchev–Trinajstić information content (AvgIpc) is 3.62. The zero-order chi connectivity index (χ0) is 35.4. The predicted molar refractivity (Wildman–Crippen MR) is 208 cm³/mol. The van der Waals surface area contributed by atoms with Gasteiger partial charge in [0.15, 0.2) is 0 Å². The second kappa shape index (κ2) is 15.2. The minimum absolute atomic E-state index is 0.131. The summed E-state index contributed by atoms with van der Waals surface area (Å²) in [5.74, 6) is -0.270. The van der Waals surface area contributed by atoms with E-state index in [1.165, 1.54) is 21.5 Å². The number of carbonyl (C=O) groups is 2. The molecular formula is C46H37O3OsP+. The number of rotatable bonds is 8. The Morgan fingerprint density at radius 2 is 1.24 bits per heavy atom. The first kappa shape index (κ1) is 34.6. The van der Waals surface area contributed by atoms with Gasteiger partial charge in [-0.1, -0.05) is 6.08 Å². The molecule has 7 rings (SSSR count). The van der Waals surface area contributed by atoms with E-state index in [1.807, 2.05) is 49.4 Å². The standard InChI is InChI=1S/C46H37O3P.Os/c1-4-15-33-23-25-40-43(27-33)45(47)41-26-24-34(28-44(41)46(40)48)42(29-36-31-49-30-35(36)16-5-2)32(3)50(37-17-9-6-10-18-37,38-19-11-7-12-20-38)39-21-13-8-14-22-39;/h4,6-29H,5,30-31H2,1-2H3;/q+1;/b15-4+,35-16?,36-29?,42-32?;. The Balaban J connectivity index is 1.57. The van der Waals surface area contributed by atoms with Crippen LogP contribution in [0.4, 0.5) is 0 Å². The molecule has 0 atom stereocenters. The molecular weight excluding hydrogens is 822 g/mol. The Hall–Kier alpha value is -4.79. The van der Waals surface area contributed by atoms with Crippen LogP contribution in [-0.2, 0) is 22.7 Å². The first-order valence-electron chi connectivity index (χ1n) is 17.2. The van der Waals surface area contributed by atoms with Crippen LogP contribution in [0.15, 0.2) is 162 Å². The van der Waals surface area contributed by atoms with E-state index in [-0.39, 0.29) is 11.6 Å². The fraction of sp³-hybridized carbons (Fsp3) is 0.109. The quantitative estimate of drug-likeness (QED) is 0.144. The summed E-state index contributed by atoms with van der Waals surface area (Å²) in [4.78, 5) is 28.2. The minimum atomic E-state index is -2.59. The van der Waals surface area contributed by atoms with Crippen LogP contribution in [0.3, 0.4) is 0 Å². The van der Waals surface area contributed by atoms with E-state index in [0.717, 1.165) is 34.0 Å². The maximum atomic E-state index is 14.2. The van der Waals surface area contributed by atoms with E-state index in [1.54, 1.807) is 24.0 Å². The molecule has 0 amide bonds. The van der Waals surface area contributed by atoms with E-state index in [2.05, 4.69) is 114 Å². The molecule has 0 saturated carbocycles. The fourth-order valence-corrected chi connectivity index (χ4v) is 13.0. The van der Waals surface area contributed by atoms with Crippen LogP contribution >= 0.6 is 7.26 Å². The van der Waals surface area contributed by atoms with Gasteiger partial charge in [0.1, 0.15) is 0 Å². The summed E-state index contributed by atoms with van der Waals surface area (Å²) in [6.45, 7) is 5.13. The molecule has 1 aliphatic heterocycles. The Labute approximate surface area is 310 Å². The molecule has 5 heteroatoms. The molecule has 0 unspecified atom stereocenters. The van der Waals surface area contributed by atoms with Crippen LogP contribution < -0.4 is 15.9 Å². The molecule has 0 spiro atoms. The number of hydrogen-bond donors (Lipinski definition) is 0. The number of hydrogen-bond acceptors (Lipinski definition) is 3. The number of fused-ring (bicyclic) bond motifs is 2. The number of ether oxygens (including phenoxy) is 1. The summed E-state index contributed by atoms with van der Waals surface area (Å²) in [5.41, 5.74) is 6.75. The summed E-state index contributed by atoms with van der Waals surface area (Å²) >= 11 is 1.73. The molecule has 0 bridgehead atoms. The molecule has 0 N–H and O–H groups in total. The topological polar surface area (TPSA) is 43.4 Å². The molecule has 5 aromatic carbocycles. The van der Waals surface area contributed by atoms with E-state index in [9.17, 15) is 9.59 Å². The first-order valence-corrected chi connectivity index (χ1v) is 20.2. The third-order valence-electron chi connectivity index (χ3n) is 9.51. The molecule has 0 aromatic heterocycles. The number of carbonyl (C=O) groups excluding carboxylic acids is 2. The van der Waals surface area contributed by atoms with Gasteiger partial charge < -0.3 is 0 Å². The summed E-state index contributed by atoms with van der Waals surface area (Å²) < 4.78 is 9.81. The van der Waals surface area contributed by atoms with Gasteiger partial charge in [0.2, 0.25) is 0 Å². The summed E-state index contributed by atoms with van der Waals surface area (Å²) in [6.07, 6.45) is 9.26. The van der Waals surface area contributed by atoms with Crippen molar-refractivity contribution >= 4 is 46.4 Å². The van der Waals surface area contributed by atoms with Gasteiger partial charge in [0.05, 0.1) is 0 Å². The summed E-state index contributed by atoms with van der Waals surface area (Å²) in [7, 11) is -2.59. The van der Waals surface area contributed by atoms with Crippen molar-refractivity contribution in [1.29, 1.82) is 0 Å². The van der Waals surface area contributed by atoms with Gasteiger partial charge in [-0.25, -0.2) is 0 Å². The number of allylic oxidation sites excluding steroid dienone is 5. The molecule has 1 fully saturated rings. The third-order valence-corrected chi connectivity index (χ3v) is 14.9. The van der Waals surface area contributed by atoms with Gasteiger partial charge in [0, 0.05) is 0 Å². The molecule has 251 valence electrons. The zero-order valence-corrected chi connectivity index (χ0v) is 32.0. The Morgan fingerprint density at radius 3 is 1.76 bits per heavy atom. The monoisotopic (exact) mass is 860 g/mol. The average molecular weight is 859 g/mol. The Morgan fingerprint density at radius 1 is 0.706 bits per heavy atom. The van der Waals surface area contributed by atoms with Crippen LogP contribution in [0.25, 0.3) is 11.6 Å². The van der Waals surface area contributed by atoms with Gasteiger partial charge >= 0.3 is 299 Å². The van der Waals surface area contributed by atoms with Crippen molar-refractivity contribution in [3.8, 4) is 4.37 Å². The van der Waals surface area contributed by atoms with Crippen molar-refractivity contribution in [2.24, 2.45) is 0 Å². The van der Waals surface area contributed by atoms with Crippen LogP contribution in [0, 0.1) is 4.37 Å². The van der Waals surface area contributed by atoms with Crippen molar-refractivity contribution in [1.82, 2.24) is 0 Å². The van der Waals surface area contributed by atoms with E-state index in [4.69, 9.17) is 4.74 Å². The predicted octanol–water partition coefficient (Wildman–Crippen LogP) is 9.00. The van der Waals surface area contributed by atoms with Crippen LogP contribution in [-0.4, -0.2) is 24.8 Å². The molecule has 3 nitrogen and oxygen atoms in total. The normalized spacial score (nSPS) is 16.3. The molecule has 51 heavy (non-hydrogen) atoms. The Bertz CT molecular complexity index is 2210.